The van der Waals surface area contributed by atoms with E-state index < -0.39 is 0 Å². The van der Waals surface area contributed by atoms with E-state index in [1.807, 2.05) is 47.2 Å². The Balaban J connectivity index is 1.35. The van der Waals surface area contributed by atoms with Crippen molar-refractivity contribution in [1.29, 1.82) is 0 Å². The number of hydrogen-bond donors (Lipinski definition) is 3. The third-order valence-electron chi connectivity index (χ3n) is 6.36. The molecule has 0 radical (unpaired) electrons. The summed E-state index contributed by atoms with van der Waals surface area (Å²) in [5.41, 5.74) is 5.82. The maximum Gasteiger partial charge on any atom is 0.251 e. The standard InChI is InChI=1S/C29H29N5O3/c1-37-18-27(35)33-26-16-22(29(36)30-13-11-21-17-31-24-10-6-5-9-23(21)24)15-25-28(26)34(19-32-25)14-12-20-7-3-2-4-8-20/h2-10,15-17,19,31H,11-14,18H2,1H3,(H,30,36)(H,33,35). The van der Waals surface area contributed by atoms with E-state index in [1.165, 1.54) is 12.7 Å². The van der Waals surface area contributed by atoms with Gasteiger partial charge in [0.15, 0.2) is 0 Å². The fraction of sp³-hybridized carbons (Fsp3) is 0.207. The van der Waals surface area contributed by atoms with Gasteiger partial charge in [-0.25, -0.2) is 4.98 Å². The van der Waals surface area contributed by atoms with Gasteiger partial charge in [-0.15, -0.1) is 0 Å². The molecule has 188 valence electrons. The predicted octanol–water partition coefficient (Wildman–Crippen LogP) is 4.32. The van der Waals surface area contributed by atoms with Crippen LogP contribution in [-0.2, 0) is 28.9 Å². The van der Waals surface area contributed by atoms with Crippen molar-refractivity contribution in [3.8, 4) is 0 Å². The van der Waals surface area contributed by atoms with E-state index in [1.54, 1.807) is 18.5 Å². The number of para-hydroxylation sites is 1. The van der Waals surface area contributed by atoms with Crippen LogP contribution in [0.1, 0.15) is 21.5 Å². The van der Waals surface area contributed by atoms with Gasteiger partial charge in [-0.3, -0.25) is 9.59 Å². The molecule has 2 heterocycles. The second-order valence-corrected chi connectivity index (χ2v) is 8.91. The highest BCUT2D eigenvalue weighted by atomic mass is 16.5. The number of benzene rings is 3. The van der Waals surface area contributed by atoms with Gasteiger partial charge in [0.05, 0.1) is 23.0 Å². The molecule has 5 aromatic rings. The van der Waals surface area contributed by atoms with Gasteiger partial charge in [0.2, 0.25) is 5.91 Å². The maximum absolute atomic E-state index is 13.1. The molecule has 5 rings (SSSR count). The molecule has 2 amide bonds. The molecule has 0 aliphatic heterocycles. The molecule has 2 aromatic heterocycles. The highest BCUT2D eigenvalue weighted by Gasteiger charge is 2.16. The molecule has 3 aromatic carbocycles. The average Bonchev–Trinajstić information content (AvgIpc) is 3.52. The number of ether oxygens (including phenoxy) is 1. The molecular weight excluding hydrogens is 466 g/mol. The van der Waals surface area contributed by atoms with Crippen molar-refractivity contribution >= 4 is 39.4 Å². The molecule has 8 nitrogen and oxygen atoms in total. The lowest BCUT2D eigenvalue weighted by molar-refractivity contribution is -0.119. The van der Waals surface area contributed by atoms with Crippen LogP contribution in [0.5, 0.6) is 0 Å². The highest BCUT2D eigenvalue weighted by Crippen LogP contribution is 2.26. The number of imidazole rings is 1. The summed E-state index contributed by atoms with van der Waals surface area (Å²) in [5, 5.41) is 7.05. The van der Waals surface area contributed by atoms with E-state index in [9.17, 15) is 9.59 Å². The first-order chi connectivity index (χ1) is 18.1. The lowest BCUT2D eigenvalue weighted by Crippen LogP contribution is -2.26. The number of aromatic nitrogens is 3. The van der Waals surface area contributed by atoms with E-state index >= 15 is 0 Å². The van der Waals surface area contributed by atoms with Gasteiger partial charge in [0.1, 0.15) is 6.61 Å². The fourth-order valence-electron chi connectivity index (χ4n) is 4.57. The molecule has 0 unspecified atom stereocenters. The SMILES string of the molecule is COCC(=O)Nc1cc(C(=O)NCCc2c[nH]c3ccccc23)cc2ncn(CCc3ccccc3)c12. The van der Waals surface area contributed by atoms with Gasteiger partial charge in [-0.2, -0.15) is 0 Å². The first-order valence-corrected chi connectivity index (χ1v) is 12.3. The van der Waals surface area contributed by atoms with Crippen molar-refractivity contribution in [1.82, 2.24) is 19.9 Å². The van der Waals surface area contributed by atoms with Crippen molar-refractivity contribution in [3.63, 3.8) is 0 Å². The second kappa shape index (κ2) is 11.1. The van der Waals surface area contributed by atoms with Crippen LogP contribution in [0, 0.1) is 0 Å². The molecule has 0 spiro atoms. The van der Waals surface area contributed by atoms with Crippen molar-refractivity contribution in [2.45, 2.75) is 19.4 Å². The van der Waals surface area contributed by atoms with Gasteiger partial charge in [-0.1, -0.05) is 48.5 Å². The van der Waals surface area contributed by atoms with Gasteiger partial charge in [0.25, 0.3) is 5.91 Å². The van der Waals surface area contributed by atoms with Crippen LogP contribution in [0.3, 0.4) is 0 Å². The molecule has 3 N–H and O–H groups in total. The summed E-state index contributed by atoms with van der Waals surface area (Å²) >= 11 is 0. The van der Waals surface area contributed by atoms with E-state index in [-0.39, 0.29) is 18.4 Å². The number of aromatic amines is 1. The van der Waals surface area contributed by atoms with Crippen molar-refractivity contribution in [3.05, 3.63) is 95.9 Å². The Labute approximate surface area is 214 Å². The van der Waals surface area contributed by atoms with Gasteiger partial charge in [0, 0.05) is 42.9 Å². The number of nitrogens with one attached hydrogen (secondary N) is 3. The Morgan fingerprint density at radius 2 is 1.84 bits per heavy atom. The van der Waals surface area contributed by atoms with Crippen molar-refractivity contribution in [2.24, 2.45) is 0 Å². The lowest BCUT2D eigenvalue weighted by Gasteiger charge is -2.13. The van der Waals surface area contributed by atoms with Gasteiger partial charge in [-0.05, 0) is 42.2 Å². The Kier molecular flexibility index (Phi) is 7.28. The number of H-pyrrole nitrogens is 1. The Hall–Kier alpha value is -4.43. The number of carbonyl (C=O) groups excluding carboxylic acids is 2. The van der Waals surface area contributed by atoms with E-state index in [4.69, 9.17) is 4.74 Å². The first-order valence-electron chi connectivity index (χ1n) is 12.3. The monoisotopic (exact) mass is 495 g/mol. The number of amides is 2. The number of carbonyl (C=O) groups is 2. The molecule has 37 heavy (non-hydrogen) atoms. The maximum atomic E-state index is 13.1. The van der Waals surface area contributed by atoms with Crippen LogP contribution in [0.25, 0.3) is 21.9 Å². The number of aryl methyl sites for hydroxylation is 2. The second-order valence-electron chi connectivity index (χ2n) is 8.91. The molecule has 0 fully saturated rings. The predicted molar refractivity (Wildman–Crippen MR) is 145 cm³/mol. The zero-order valence-electron chi connectivity index (χ0n) is 20.7. The number of anilines is 1. The molecular formula is C29H29N5O3. The minimum atomic E-state index is -0.295. The summed E-state index contributed by atoms with van der Waals surface area (Å²) in [6, 6.07) is 21.8. The fourth-order valence-corrected chi connectivity index (χ4v) is 4.57. The summed E-state index contributed by atoms with van der Waals surface area (Å²) in [4.78, 5) is 33.3. The number of rotatable bonds is 10. The van der Waals surface area contributed by atoms with E-state index in [0.29, 0.717) is 36.3 Å². The lowest BCUT2D eigenvalue weighted by atomic mass is 10.1. The molecule has 0 saturated heterocycles. The van der Waals surface area contributed by atoms with E-state index in [2.05, 4.69) is 38.8 Å². The number of nitrogens with zero attached hydrogens (tertiary/aromatic N) is 2. The largest absolute Gasteiger partial charge is 0.375 e. The summed E-state index contributed by atoms with van der Waals surface area (Å²) in [6.45, 7) is 1.08. The Morgan fingerprint density at radius 3 is 2.68 bits per heavy atom. The van der Waals surface area contributed by atoms with Gasteiger partial charge < -0.3 is 24.9 Å². The molecule has 0 saturated carbocycles. The third kappa shape index (κ3) is 5.54. The van der Waals surface area contributed by atoms with Gasteiger partial charge >= 0.3 is 0 Å². The average molecular weight is 496 g/mol. The number of fused-ring (bicyclic) bond motifs is 2. The summed E-state index contributed by atoms with van der Waals surface area (Å²) < 4.78 is 6.99. The van der Waals surface area contributed by atoms with Crippen molar-refractivity contribution < 1.29 is 14.3 Å². The molecule has 8 heteroatoms. The zero-order valence-corrected chi connectivity index (χ0v) is 20.7. The highest BCUT2D eigenvalue weighted by molar-refractivity contribution is 6.05. The van der Waals surface area contributed by atoms with Crippen LogP contribution in [0.4, 0.5) is 5.69 Å². The number of hydrogen-bond acceptors (Lipinski definition) is 4. The summed E-state index contributed by atoms with van der Waals surface area (Å²) in [7, 11) is 1.47. The van der Waals surface area contributed by atoms with Crippen LogP contribution >= 0.6 is 0 Å². The molecule has 0 bridgehead atoms. The van der Waals surface area contributed by atoms with Crippen LogP contribution in [0.2, 0.25) is 0 Å². The first kappa shape index (κ1) is 24.3. The normalized spacial score (nSPS) is 11.2. The van der Waals surface area contributed by atoms with Crippen LogP contribution in [-0.4, -0.2) is 46.6 Å². The van der Waals surface area contributed by atoms with Crippen LogP contribution in [0.15, 0.2) is 79.3 Å². The minimum Gasteiger partial charge on any atom is -0.375 e. The smallest absolute Gasteiger partial charge is 0.251 e. The van der Waals surface area contributed by atoms with Crippen molar-refractivity contribution in [2.75, 3.05) is 25.6 Å². The van der Waals surface area contributed by atoms with Crippen LogP contribution < -0.4 is 10.6 Å². The molecule has 0 atom stereocenters. The van der Waals surface area contributed by atoms with E-state index in [0.717, 1.165) is 28.4 Å². The molecule has 0 aliphatic rings. The quantitative estimate of drug-likeness (QED) is 0.269. The third-order valence-corrected chi connectivity index (χ3v) is 6.36. The minimum absolute atomic E-state index is 0.0826. The number of methoxy groups -OCH3 is 1. The zero-order chi connectivity index (χ0) is 25.6. The topological polar surface area (TPSA) is 101 Å². The summed E-state index contributed by atoms with van der Waals surface area (Å²) in [5.74, 6) is -0.515. The Morgan fingerprint density at radius 1 is 1.03 bits per heavy atom. The summed E-state index contributed by atoms with van der Waals surface area (Å²) in [6.07, 6.45) is 5.24. The molecule has 0 aliphatic carbocycles. The Bertz CT molecular complexity index is 1540.